The molecule has 1 heterocycles. The Bertz CT molecular complexity index is 424. The highest BCUT2D eigenvalue weighted by molar-refractivity contribution is 5.80. The molecular weight excluding hydrogens is 184 g/mol. The van der Waals surface area contributed by atoms with Crippen LogP contribution < -0.4 is 0 Å². The van der Waals surface area contributed by atoms with Gasteiger partial charge in [0, 0.05) is 11.3 Å². The van der Waals surface area contributed by atoms with E-state index in [4.69, 9.17) is 4.42 Å². The molecule has 1 heteroatoms. The highest BCUT2D eigenvalue weighted by Gasteiger charge is 2.07. The average molecular weight is 204 g/mol. The van der Waals surface area contributed by atoms with Gasteiger partial charge in [-0.05, 0) is 18.6 Å². The van der Waals surface area contributed by atoms with Crippen LogP contribution in [-0.2, 0) is 0 Å². The predicted octanol–water partition coefficient (Wildman–Crippen LogP) is 4.89. The van der Waals surface area contributed by atoms with E-state index < -0.39 is 0 Å². The zero-order chi connectivity index (χ0) is 11.4. The first kappa shape index (κ1) is 11.8. The van der Waals surface area contributed by atoms with Gasteiger partial charge in [0.1, 0.15) is 11.3 Å². The first-order valence-electron chi connectivity index (χ1n) is 5.67. The predicted molar refractivity (Wildman–Crippen MR) is 66.4 cm³/mol. The molecule has 0 aliphatic heterocycles. The molecule has 1 aromatic heterocycles. The van der Waals surface area contributed by atoms with Crippen molar-refractivity contribution in [1.29, 1.82) is 0 Å². The molecule has 15 heavy (non-hydrogen) atoms. The van der Waals surface area contributed by atoms with Crippen molar-refractivity contribution in [3.05, 3.63) is 35.6 Å². The Morgan fingerprint density at radius 3 is 2.33 bits per heavy atom. The summed E-state index contributed by atoms with van der Waals surface area (Å²) in [6.45, 7) is 10.4. The molecule has 0 bridgehead atoms. The number of para-hydroxylation sites is 1. The molecule has 1 nitrogen and oxygen atoms in total. The number of hydrogen-bond acceptors (Lipinski definition) is 1. The van der Waals surface area contributed by atoms with Crippen molar-refractivity contribution in [1.82, 2.24) is 0 Å². The maximum absolute atomic E-state index is 5.76. The Hall–Kier alpha value is -1.24. The monoisotopic (exact) mass is 204 g/mol. The number of aryl methyl sites for hydroxylation is 1. The Balaban J connectivity index is 0.000000531. The molecule has 0 N–H and O–H groups in total. The van der Waals surface area contributed by atoms with Gasteiger partial charge in [-0.25, -0.2) is 0 Å². The zero-order valence-corrected chi connectivity index (χ0v) is 10.3. The van der Waals surface area contributed by atoms with E-state index in [-0.39, 0.29) is 0 Å². The molecule has 1 aromatic carbocycles. The molecule has 0 unspecified atom stereocenters. The lowest BCUT2D eigenvalue weighted by Gasteiger charge is -1.96. The lowest BCUT2D eigenvalue weighted by Crippen LogP contribution is -1.79. The summed E-state index contributed by atoms with van der Waals surface area (Å²) in [6.07, 6.45) is 0. The first-order valence-corrected chi connectivity index (χ1v) is 5.67. The first-order chi connectivity index (χ1) is 7.18. The Morgan fingerprint density at radius 1 is 1.13 bits per heavy atom. The average Bonchev–Trinajstić information content (AvgIpc) is 2.66. The maximum atomic E-state index is 5.76. The van der Waals surface area contributed by atoms with Gasteiger partial charge in [0.15, 0.2) is 0 Å². The summed E-state index contributed by atoms with van der Waals surface area (Å²) >= 11 is 0. The minimum Gasteiger partial charge on any atom is -0.461 e. The Morgan fingerprint density at radius 2 is 1.80 bits per heavy atom. The van der Waals surface area contributed by atoms with E-state index in [0.717, 1.165) is 11.3 Å². The van der Waals surface area contributed by atoms with Gasteiger partial charge in [0.2, 0.25) is 0 Å². The van der Waals surface area contributed by atoms with Crippen LogP contribution in [0.2, 0.25) is 0 Å². The lowest BCUT2D eigenvalue weighted by atomic mass is 10.1. The van der Waals surface area contributed by atoms with E-state index in [2.05, 4.69) is 45.0 Å². The normalized spacial score (nSPS) is 10.3. The van der Waals surface area contributed by atoms with Crippen molar-refractivity contribution in [2.24, 2.45) is 0 Å². The third-order valence-electron chi connectivity index (χ3n) is 2.33. The molecule has 0 radical (unpaired) electrons. The molecule has 0 aliphatic carbocycles. The van der Waals surface area contributed by atoms with Crippen molar-refractivity contribution < 1.29 is 4.42 Å². The summed E-state index contributed by atoms with van der Waals surface area (Å²) in [5.74, 6) is 1.54. The van der Waals surface area contributed by atoms with Crippen LogP contribution in [0.3, 0.4) is 0 Å². The largest absolute Gasteiger partial charge is 0.461 e. The quantitative estimate of drug-likeness (QED) is 0.644. The minimum atomic E-state index is 0.465. The van der Waals surface area contributed by atoms with Gasteiger partial charge in [-0.1, -0.05) is 45.9 Å². The molecular formula is C14H20O. The summed E-state index contributed by atoms with van der Waals surface area (Å²) in [7, 11) is 0. The SMILES string of the molecule is CC.Cc1cccc2cc(C(C)C)oc12. The van der Waals surface area contributed by atoms with Crippen LogP contribution >= 0.6 is 0 Å². The summed E-state index contributed by atoms with van der Waals surface area (Å²) in [6, 6.07) is 8.37. The van der Waals surface area contributed by atoms with Gasteiger partial charge >= 0.3 is 0 Å². The van der Waals surface area contributed by atoms with Gasteiger partial charge in [0.25, 0.3) is 0 Å². The highest BCUT2D eigenvalue weighted by atomic mass is 16.3. The van der Waals surface area contributed by atoms with E-state index in [9.17, 15) is 0 Å². The minimum absolute atomic E-state index is 0.465. The summed E-state index contributed by atoms with van der Waals surface area (Å²) in [4.78, 5) is 0. The zero-order valence-electron chi connectivity index (χ0n) is 10.3. The van der Waals surface area contributed by atoms with E-state index in [0.29, 0.717) is 5.92 Å². The second-order valence-electron chi connectivity index (χ2n) is 3.80. The second-order valence-corrected chi connectivity index (χ2v) is 3.80. The number of rotatable bonds is 1. The van der Waals surface area contributed by atoms with Crippen LogP contribution in [0, 0.1) is 6.92 Å². The Labute approximate surface area is 92.1 Å². The molecule has 2 aromatic rings. The van der Waals surface area contributed by atoms with Crippen LogP contribution in [0.4, 0.5) is 0 Å². The molecule has 82 valence electrons. The van der Waals surface area contributed by atoms with Gasteiger partial charge in [-0.3, -0.25) is 0 Å². The fourth-order valence-corrected chi connectivity index (χ4v) is 1.51. The van der Waals surface area contributed by atoms with Crippen molar-refractivity contribution in [2.45, 2.75) is 40.5 Å². The van der Waals surface area contributed by atoms with Crippen LogP contribution in [0.5, 0.6) is 0 Å². The van der Waals surface area contributed by atoms with Gasteiger partial charge < -0.3 is 4.42 Å². The standard InChI is InChI=1S/C12H14O.C2H6/c1-8(2)11-7-10-6-4-5-9(3)12(10)13-11;1-2/h4-8H,1-3H3;1-2H3. The Kier molecular flexibility index (Phi) is 3.96. The molecule has 0 spiro atoms. The maximum Gasteiger partial charge on any atom is 0.137 e. The van der Waals surface area contributed by atoms with E-state index in [1.165, 1.54) is 10.9 Å². The van der Waals surface area contributed by atoms with E-state index in [1.54, 1.807) is 0 Å². The van der Waals surface area contributed by atoms with Crippen molar-refractivity contribution in [3.8, 4) is 0 Å². The highest BCUT2D eigenvalue weighted by Crippen LogP contribution is 2.26. The smallest absolute Gasteiger partial charge is 0.137 e. The summed E-state index contributed by atoms with van der Waals surface area (Å²) in [5, 5.41) is 1.21. The van der Waals surface area contributed by atoms with Crippen LogP contribution in [0.15, 0.2) is 28.7 Å². The molecule has 2 rings (SSSR count). The van der Waals surface area contributed by atoms with Gasteiger partial charge in [0.05, 0.1) is 0 Å². The van der Waals surface area contributed by atoms with Crippen molar-refractivity contribution in [3.63, 3.8) is 0 Å². The number of hydrogen-bond donors (Lipinski definition) is 0. The number of fused-ring (bicyclic) bond motifs is 1. The third kappa shape index (κ3) is 2.41. The van der Waals surface area contributed by atoms with Crippen LogP contribution in [-0.4, -0.2) is 0 Å². The van der Waals surface area contributed by atoms with Gasteiger partial charge in [-0.15, -0.1) is 0 Å². The van der Waals surface area contributed by atoms with E-state index >= 15 is 0 Å². The molecule has 0 atom stereocenters. The molecule has 0 aliphatic rings. The fraction of sp³-hybridized carbons (Fsp3) is 0.429. The van der Waals surface area contributed by atoms with Crippen LogP contribution in [0.25, 0.3) is 11.0 Å². The molecule has 0 amide bonds. The van der Waals surface area contributed by atoms with E-state index in [1.807, 2.05) is 13.8 Å². The second kappa shape index (κ2) is 5.01. The fourth-order valence-electron chi connectivity index (χ4n) is 1.51. The lowest BCUT2D eigenvalue weighted by molar-refractivity contribution is 0.520. The van der Waals surface area contributed by atoms with Crippen molar-refractivity contribution >= 4 is 11.0 Å². The molecule has 0 saturated heterocycles. The topological polar surface area (TPSA) is 13.1 Å². The van der Waals surface area contributed by atoms with Crippen molar-refractivity contribution in [2.75, 3.05) is 0 Å². The van der Waals surface area contributed by atoms with Crippen LogP contribution in [0.1, 0.15) is 44.9 Å². The number of benzene rings is 1. The summed E-state index contributed by atoms with van der Waals surface area (Å²) in [5.41, 5.74) is 2.25. The third-order valence-corrected chi connectivity index (χ3v) is 2.33. The molecule has 0 fully saturated rings. The number of furan rings is 1. The molecule has 0 saturated carbocycles. The van der Waals surface area contributed by atoms with Gasteiger partial charge in [-0.2, -0.15) is 0 Å². The summed E-state index contributed by atoms with van der Waals surface area (Å²) < 4.78 is 5.76.